The highest BCUT2D eigenvalue weighted by atomic mass is 16.5. The number of pyridine rings is 1. The van der Waals surface area contributed by atoms with Crippen LogP contribution in [-0.2, 0) is 4.79 Å². The summed E-state index contributed by atoms with van der Waals surface area (Å²) in [5.74, 6) is 1.95. The van der Waals surface area contributed by atoms with Gasteiger partial charge in [-0.05, 0) is 55.0 Å². The van der Waals surface area contributed by atoms with Gasteiger partial charge in [-0.25, -0.2) is 0 Å². The van der Waals surface area contributed by atoms with Crippen molar-refractivity contribution in [2.75, 3.05) is 13.2 Å². The van der Waals surface area contributed by atoms with E-state index in [9.17, 15) is 4.79 Å². The highest BCUT2D eigenvalue weighted by Gasteiger charge is 2.33. The van der Waals surface area contributed by atoms with Crippen molar-refractivity contribution in [2.45, 2.75) is 45.6 Å². The number of ether oxygens (including phenoxy) is 1. The van der Waals surface area contributed by atoms with Gasteiger partial charge in [0.1, 0.15) is 5.75 Å². The van der Waals surface area contributed by atoms with E-state index in [4.69, 9.17) is 4.74 Å². The number of amides is 1. The summed E-state index contributed by atoms with van der Waals surface area (Å²) in [6.07, 6.45) is 3.80. The van der Waals surface area contributed by atoms with E-state index in [1.807, 2.05) is 46.7 Å². The van der Waals surface area contributed by atoms with E-state index < -0.39 is 0 Å². The molecule has 0 N–H and O–H groups in total. The van der Waals surface area contributed by atoms with Crippen molar-refractivity contribution in [1.82, 2.24) is 19.5 Å². The van der Waals surface area contributed by atoms with Crippen molar-refractivity contribution in [3.05, 3.63) is 59.5 Å². The van der Waals surface area contributed by atoms with Crippen molar-refractivity contribution < 1.29 is 9.53 Å². The average Bonchev–Trinajstić information content (AvgIpc) is 3.32. The Morgan fingerprint density at radius 1 is 1.25 bits per heavy atom. The molecule has 0 radical (unpaired) electrons. The monoisotopic (exact) mass is 378 g/mol. The molecule has 1 aliphatic heterocycles. The molecular weight excluding hydrogens is 352 g/mol. The molecule has 1 amide bonds. The van der Waals surface area contributed by atoms with Crippen molar-refractivity contribution in [2.24, 2.45) is 0 Å². The molecule has 1 atom stereocenters. The Kier molecular flexibility index (Phi) is 5.03. The molecular formula is C22H26N4O2. The van der Waals surface area contributed by atoms with Gasteiger partial charge in [-0.3, -0.25) is 9.20 Å². The zero-order chi connectivity index (χ0) is 19.7. The molecule has 4 rings (SSSR count). The molecule has 6 nitrogen and oxygen atoms in total. The van der Waals surface area contributed by atoms with E-state index in [1.54, 1.807) is 0 Å². The first-order chi connectivity index (χ1) is 13.5. The summed E-state index contributed by atoms with van der Waals surface area (Å²) in [6, 6.07) is 11.9. The van der Waals surface area contributed by atoms with Crippen molar-refractivity contribution in [1.29, 1.82) is 0 Å². The Balaban J connectivity index is 1.51. The van der Waals surface area contributed by atoms with Crippen LogP contribution in [0.3, 0.4) is 0 Å². The zero-order valence-electron chi connectivity index (χ0n) is 16.6. The molecule has 0 aliphatic carbocycles. The molecule has 28 heavy (non-hydrogen) atoms. The third-order valence-corrected chi connectivity index (χ3v) is 5.35. The molecule has 3 aromatic rings. The lowest BCUT2D eigenvalue weighted by Gasteiger charge is -2.24. The van der Waals surface area contributed by atoms with Crippen LogP contribution in [0.25, 0.3) is 5.65 Å². The van der Waals surface area contributed by atoms with E-state index in [0.29, 0.717) is 5.92 Å². The number of hydrogen-bond acceptors (Lipinski definition) is 4. The first kappa shape index (κ1) is 18.5. The van der Waals surface area contributed by atoms with Crippen LogP contribution < -0.4 is 4.74 Å². The lowest BCUT2D eigenvalue weighted by Crippen LogP contribution is -2.35. The van der Waals surface area contributed by atoms with Crippen molar-refractivity contribution in [3.8, 4) is 5.75 Å². The van der Waals surface area contributed by atoms with E-state index in [-0.39, 0.29) is 18.6 Å². The first-order valence-electron chi connectivity index (χ1n) is 9.87. The number of aryl methyl sites for hydroxylation is 1. The number of rotatable bonds is 5. The summed E-state index contributed by atoms with van der Waals surface area (Å²) in [4.78, 5) is 14.9. The van der Waals surface area contributed by atoms with Crippen molar-refractivity contribution in [3.63, 3.8) is 0 Å². The predicted octanol–water partition coefficient (Wildman–Crippen LogP) is 3.90. The van der Waals surface area contributed by atoms with E-state index >= 15 is 0 Å². The lowest BCUT2D eigenvalue weighted by molar-refractivity contribution is -0.134. The fourth-order valence-corrected chi connectivity index (χ4v) is 3.89. The van der Waals surface area contributed by atoms with Crippen LogP contribution in [0, 0.1) is 6.92 Å². The van der Waals surface area contributed by atoms with Gasteiger partial charge in [0.05, 0.1) is 6.04 Å². The molecule has 6 heteroatoms. The molecule has 3 heterocycles. The fraction of sp³-hybridized carbons (Fsp3) is 0.409. The molecule has 0 spiro atoms. The minimum absolute atomic E-state index is 0.00797. The molecule has 0 saturated carbocycles. The third kappa shape index (κ3) is 3.46. The normalized spacial score (nSPS) is 16.9. The molecule has 1 unspecified atom stereocenters. The molecule has 0 bridgehead atoms. The largest absolute Gasteiger partial charge is 0.483 e. The number of fused-ring (bicyclic) bond motifs is 1. The standard InChI is InChI=1S/C22H26N4O2/c1-15(2)17-10-9-16(3)13-19(17)28-14-21(27)25-12-6-7-18(25)22-24-23-20-8-4-5-11-26(20)22/h4-5,8-11,13,15,18H,6-7,12,14H2,1-3H3. The highest BCUT2D eigenvalue weighted by molar-refractivity contribution is 5.78. The zero-order valence-corrected chi connectivity index (χ0v) is 16.6. The molecule has 1 fully saturated rings. The minimum atomic E-state index is -0.0596. The van der Waals surface area contributed by atoms with Crippen LogP contribution in [0.2, 0.25) is 0 Å². The second kappa shape index (κ2) is 7.62. The third-order valence-electron chi connectivity index (χ3n) is 5.35. The van der Waals surface area contributed by atoms with Gasteiger partial charge >= 0.3 is 0 Å². The Bertz CT molecular complexity index is 995. The number of likely N-dealkylation sites (tertiary alicyclic amines) is 1. The smallest absolute Gasteiger partial charge is 0.261 e. The van der Waals surface area contributed by atoms with E-state index in [1.165, 1.54) is 0 Å². The van der Waals surface area contributed by atoms with Gasteiger partial charge < -0.3 is 9.64 Å². The maximum Gasteiger partial charge on any atom is 0.261 e. The van der Waals surface area contributed by atoms with E-state index in [0.717, 1.165) is 47.7 Å². The van der Waals surface area contributed by atoms with Crippen LogP contribution in [0.15, 0.2) is 42.6 Å². The second-order valence-corrected chi connectivity index (χ2v) is 7.72. The minimum Gasteiger partial charge on any atom is -0.483 e. The van der Waals surface area contributed by atoms with Gasteiger partial charge in [-0.15, -0.1) is 10.2 Å². The summed E-state index contributed by atoms with van der Waals surface area (Å²) in [7, 11) is 0. The van der Waals surface area contributed by atoms with Crippen LogP contribution in [0.4, 0.5) is 0 Å². The van der Waals surface area contributed by atoms with Crippen LogP contribution in [0.5, 0.6) is 5.75 Å². The van der Waals surface area contributed by atoms with Gasteiger partial charge in [0.25, 0.3) is 5.91 Å². The Hall–Kier alpha value is -2.89. The highest BCUT2D eigenvalue weighted by Crippen LogP contribution is 2.32. The summed E-state index contributed by atoms with van der Waals surface area (Å²) in [5, 5.41) is 8.59. The molecule has 1 saturated heterocycles. The van der Waals surface area contributed by atoms with Gasteiger partial charge in [-0.1, -0.05) is 32.0 Å². The Morgan fingerprint density at radius 3 is 2.93 bits per heavy atom. The molecule has 1 aromatic carbocycles. The Labute approximate surface area is 165 Å². The number of hydrogen-bond donors (Lipinski definition) is 0. The van der Waals surface area contributed by atoms with Crippen LogP contribution in [-0.4, -0.2) is 38.6 Å². The number of carbonyl (C=O) groups is 1. The summed E-state index contributed by atoms with van der Waals surface area (Å²) < 4.78 is 7.94. The van der Waals surface area contributed by atoms with Crippen LogP contribution >= 0.6 is 0 Å². The SMILES string of the molecule is Cc1ccc(C(C)C)c(OCC(=O)N2CCCC2c2nnc3ccccn23)c1. The quantitative estimate of drug-likeness (QED) is 0.675. The van der Waals surface area contributed by atoms with Gasteiger partial charge in [0.15, 0.2) is 18.1 Å². The number of carbonyl (C=O) groups excluding carboxylic acids is 1. The predicted molar refractivity (Wildman–Crippen MR) is 107 cm³/mol. The fourth-order valence-electron chi connectivity index (χ4n) is 3.89. The van der Waals surface area contributed by atoms with Gasteiger partial charge in [0, 0.05) is 12.7 Å². The first-order valence-corrected chi connectivity index (χ1v) is 9.87. The summed E-state index contributed by atoms with van der Waals surface area (Å²) >= 11 is 0. The molecule has 2 aromatic heterocycles. The molecule has 1 aliphatic rings. The molecule has 146 valence electrons. The Morgan fingerprint density at radius 2 is 2.11 bits per heavy atom. The van der Waals surface area contributed by atoms with Crippen LogP contribution in [0.1, 0.15) is 55.6 Å². The van der Waals surface area contributed by atoms with Crippen molar-refractivity contribution >= 4 is 11.6 Å². The van der Waals surface area contributed by atoms with Gasteiger partial charge in [-0.2, -0.15) is 0 Å². The van der Waals surface area contributed by atoms with E-state index in [2.05, 4.69) is 36.2 Å². The second-order valence-electron chi connectivity index (χ2n) is 7.72. The summed E-state index contributed by atoms with van der Waals surface area (Å²) in [6.45, 7) is 7.06. The maximum absolute atomic E-state index is 13.0. The average molecular weight is 378 g/mol. The number of benzene rings is 1. The maximum atomic E-state index is 13.0. The lowest BCUT2D eigenvalue weighted by atomic mass is 10.0. The number of nitrogens with zero attached hydrogens (tertiary/aromatic N) is 4. The number of aromatic nitrogens is 3. The summed E-state index contributed by atoms with van der Waals surface area (Å²) in [5.41, 5.74) is 3.05. The topological polar surface area (TPSA) is 59.7 Å². The van der Waals surface area contributed by atoms with Gasteiger partial charge in [0.2, 0.25) is 0 Å².